The summed E-state index contributed by atoms with van der Waals surface area (Å²) in [6.45, 7) is 0.409. The van der Waals surface area contributed by atoms with Gasteiger partial charge in [-0.15, -0.1) is 0 Å². The Kier molecular flexibility index (Phi) is 4.88. The smallest absolute Gasteiger partial charge is 0.251 e. The summed E-state index contributed by atoms with van der Waals surface area (Å²) in [7, 11) is 1.62. The summed E-state index contributed by atoms with van der Waals surface area (Å²) in [6, 6.07) is 10.5. The third kappa shape index (κ3) is 3.44. The molecule has 2 rings (SSSR count). The molecular weight excluding hydrogens is 272 g/mol. The maximum atomic E-state index is 12.0. The van der Waals surface area contributed by atoms with Gasteiger partial charge in [-0.3, -0.25) is 4.79 Å². The molecule has 0 unspecified atom stereocenters. The normalized spacial score (nSPS) is 11.6. The van der Waals surface area contributed by atoms with Crippen molar-refractivity contribution in [3.8, 4) is 6.07 Å². The Hall–Kier alpha value is -2.16. The highest BCUT2D eigenvalue weighted by atomic mass is 32.1. The quantitative estimate of drug-likeness (QED) is 0.919. The van der Waals surface area contributed by atoms with Crippen molar-refractivity contribution < 1.29 is 9.53 Å². The first-order valence-electron chi connectivity index (χ1n) is 6.08. The number of hydrogen-bond donors (Lipinski definition) is 1. The van der Waals surface area contributed by atoms with Crippen molar-refractivity contribution in [1.29, 1.82) is 5.26 Å². The summed E-state index contributed by atoms with van der Waals surface area (Å²) in [5.41, 5.74) is 2.12. The lowest BCUT2D eigenvalue weighted by Crippen LogP contribution is -2.28. The lowest BCUT2D eigenvalue weighted by atomic mass is 10.1. The monoisotopic (exact) mass is 286 g/mol. The van der Waals surface area contributed by atoms with Crippen LogP contribution in [0.2, 0.25) is 0 Å². The summed E-state index contributed by atoms with van der Waals surface area (Å²) in [5, 5.41) is 15.5. The van der Waals surface area contributed by atoms with E-state index in [0.717, 1.165) is 5.56 Å². The summed E-state index contributed by atoms with van der Waals surface area (Å²) in [5.74, 6) is -0.174. The predicted octanol–water partition coefficient (Wildman–Crippen LogP) is 2.74. The number of carbonyl (C=O) groups is 1. The second kappa shape index (κ2) is 6.85. The van der Waals surface area contributed by atoms with Gasteiger partial charge in [0, 0.05) is 19.2 Å². The van der Waals surface area contributed by atoms with Crippen molar-refractivity contribution in [2.24, 2.45) is 0 Å². The minimum absolute atomic E-state index is 0.149. The van der Waals surface area contributed by atoms with E-state index in [2.05, 4.69) is 5.32 Å². The van der Waals surface area contributed by atoms with E-state index in [-0.39, 0.29) is 12.0 Å². The number of nitrogens with one attached hydrogen (secondary N) is 1. The first-order chi connectivity index (χ1) is 9.74. The van der Waals surface area contributed by atoms with Crippen LogP contribution in [0.5, 0.6) is 0 Å². The van der Waals surface area contributed by atoms with Gasteiger partial charge in [-0.05, 0) is 46.7 Å². The molecule has 5 heteroatoms. The molecule has 1 atom stereocenters. The SMILES string of the molecule is CO[C@H](CNC(=O)c1ccc(C#N)cc1)c1ccsc1. The molecule has 1 heterocycles. The molecule has 0 bridgehead atoms. The largest absolute Gasteiger partial charge is 0.375 e. The molecule has 0 aliphatic heterocycles. The van der Waals surface area contributed by atoms with Crippen molar-refractivity contribution in [3.63, 3.8) is 0 Å². The third-order valence-electron chi connectivity index (χ3n) is 2.92. The van der Waals surface area contributed by atoms with Gasteiger partial charge < -0.3 is 10.1 Å². The van der Waals surface area contributed by atoms with E-state index in [1.54, 1.807) is 42.7 Å². The Balaban J connectivity index is 1.95. The fourth-order valence-corrected chi connectivity index (χ4v) is 2.48. The fourth-order valence-electron chi connectivity index (χ4n) is 1.78. The number of ether oxygens (including phenoxy) is 1. The van der Waals surface area contributed by atoms with E-state index in [9.17, 15) is 4.79 Å². The van der Waals surface area contributed by atoms with Crippen molar-refractivity contribution in [2.45, 2.75) is 6.10 Å². The van der Waals surface area contributed by atoms with Crippen LogP contribution in [0.1, 0.15) is 27.6 Å². The first kappa shape index (κ1) is 14.3. The number of rotatable bonds is 5. The summed E-state index contributed by atoms with van der Waals surface area (Å²) in [4.78, 5) is 12.0. The molecule has 20 heavy (non-hydrogen) atoms. The van der Waals surface area contributed by atoms with Gasteiger partial charge in [0.25, 0.3) is 5.91 Å². The molecule has 0 aliphatic carbocycles. The summed E-state index contributed by atoms with van der Waals surface area (Å²) < 4.78 is 5.37. The van der Waals surface area contributed by atoms with Crippen LogP contribution in [0.3, 0.4) is 0 Å². The van der Waals surface area contributed by atoms with Crippen LogP contribution >= 0.6 is 11.3 Å². The second-order valence-corrected chi connectivity index (χ2v) is 4.96. The topological polar surface area (TPSA) is 62.1 Å². The number of amides is 1. The Bertz CT molecular complexity index is 600. The van der Waals surface area contributed by atoms with Crippen molar-refractivity contribution in [3.05, 3.63) is 57.8 Å². The van der Waals surface area contributed by atoms with Gasteiger partial charge in [0.15, 0.2) is 0 Å². The Morgan fingerprint density at radius 2 is 2.15 bits per heavy atom. The second-order valence-electron chi connectivity index (χ2n) is 4.18. The molecule has 0 spiro atoms. The van der Waals surface area contributed by atoms with Crippen LogP contribution in [-0.2, 0) is 4.74 Å². The highest BCUT2D eigenvalue weighted by Crippen LogP contribution is 2.18. The van der Waals surface area contributed by atoms with E-state index in [0.29, 0.717) is 17.7 Å². The van der Waals surface area contributed by atoms with Gasteiger partial charge >= 0.3 is 0 Å². The van der Waals surface area contributed by atoms with E-state index in [1.165, 1.54) is 0 Å². The average molecular weight is 286 g/mol. The van der Waals surface area contributed by atoms with Crippen LogP contribution in [0, 0.1) is 11.3 Å². The van der Waals surface area contributed by atoms with Crippen molar-refractivity contribution in [1.82, 2.24) is 5.32 Å². The number of hydrogen-bond acceptors (Lipinski definition) is 4. The van der Waals surface area contributed by atoms with Gasteiger partial charge in [0.05, 0.1) is 11.6 Å². The lowest BCUT2D eigenvalue weighted by molar-refractivity contribution is 0.0829. The number of methoxy groups -OCH3 is 1. The van der Waals surface area contributed by atoms with Crippen LogP contribution in [0.4, 0.5) is 0 Å². The lowest BCUT2D eigenvalue weighted by Gasteiger charge is -2.15. The molecule has 1 N–H and O–H groups in total. The third-order valence-corrected chi connectivity index (χ3v) is 3.63. The van der Waals surface area contributed by atoms with E-state index >= 15 is 0 Å². The molecule has 1 aromatic carbocycles. The highest BCUT2D eigenvalue weighted by molar-refractivity contribution is 7.07. The van der Waals surface area contributed by atoms with Gasteiger partial charge in [0.1, 0.15) is 6.10 Å². The van der Waals surface area contributed by atoms with E-state index < -0.39 is 0 Å². The van der Waals surface area contributed by atoms with Crippen molar-refractivity contribution in [2.75, 3.05) is 13.7 Å². The minimum Gasteiger partial charge on any atom is -0.375 e. The zero-order chi connectivity index (χ0) is 14.4. The molecule has 2 aromatic rings. The van der Waals surface area contributed by atoms with Gasteiger partial charge in [-0.25, -0.2) is 0 Å². The Labute approximate surface area is 121 Å². The van der Waals surface area contributed by atoms with Crippen LogP contribution in [-0.4, -0.2) is 19.6 Å². The maximum Gasteiger partial charge on any atom is 0.251 e. The molecule has 102 valence electrons. The maximum absolute atomic E-state index is 12.0. The average Bonchev–Trinajstić information content (AvgIpc) is 3.02. The number of nitriles is 1. The predicted molar refractivity (Wildman–Crippen MR) is 77.6 cm³/mol. The first-order valence-corrected chi connectivity index (χ1v) is 7.02. The standard InChI is InChI=1S/C15H14N2O2S/c1-19-14(13-6-7-20-10-13)9-17-15(18)12-4-2-11(8-16)3-5-12/h2-7,10,14H,9H2,1H3,(H,17,18)/t14-/m1/s1. The molecule has 0 radical (unpaired) electrons. The molecule has 0 saturated carbocycles. The van der Waals surface area contributed by atoms with Gasteiger partial charge in [-0.1, -0.05) is 0 Å². The fraction of sp³-hybridized carbons (Fsp3) is 0.200. The van der Waals surface area contributed by atoms with Crippen LogP contribution < -0.4 is 5.32 Å². The number of thiophene rings is 1. The summed E-state index contributed by atoms with van der Waals surface area (Å²) in [6.07, 6.45) is -0.149. The van der Waals surface area contributed by atoms with Crippen molar-refractivity contribution >= 4 is 17.2 Å². The molecule has 0 saturated heterocycles. The molecule has 4 nitrogen and oxygen atoms in total. The number of benzene rings is 1. The molecule has 0 aliphatic rings. The Morgan fingerprint density at radius 3 is 2.70 bits per heavy atom. The molecule has 1 aromatic heterocycles. The zero-order valence-electron chi connectivity index (χ0n) is 11.0. The molecule has 1 amide bonds. The number of nitrogens with zero attached hydrogens (tertiary/aromatic N) is 1. The van der Waals surface area contributed by atoms with Gasteiger partial charge in [-0.2, -0.15) is 16.6 Å². The molecule has 0 fully saturated rings. The highest BCUT2D eigenvalue weighted by Gasteiger charge is 2.13. The Morgan fingerprint density at radius 1 is 1.40 bits per heavy atom. The van der Waals surface area contributed by atoms with E-state index in [4.69, 9.17) is 10.00 Å². The summed E-state index contributed by atoms with van der Waals surface area (Å²) >= 11 is 1.59. The van der Waals surface area contributed by atoms with Gasteiger partial charge in [0.2, 0.25) is 0 Å². The van der Waals surface area contributed by atoms with E-state index in [1.807, 2.05) is 22.9 Å². The minimum atomic E-state index is -0.174. The van der Waals surface area contributed by atoms with Crippen LogP contribution in [0.15, 0.2) is 41.1 Å². The zero-order valence-corrected chi connectivity index (χ0v) is 11.8. The molecular formula is C15H14N2O2S. The van der Waals surface area contributed by atoms with Crippen LogP contribution in [0.25, 0.3) is 0 Å². The number of carbonyl (C=O) groups excluding carboxylic acids is 1.